The molecule has 1 aliphatic carbocycles. The summed E-state index contributed by atoms with van der Waals surface area (Å²) in [5.41, 5.74) is 3.20. The summed E-state index contributed by atoms with van der Waals surface area (Å²) in [7, 11) is -1.64. The van der Waals surface area contributed by atoms with Crippen molar-refractivity contribution in [3.8, 4) is 0 Å². The molecule has 3 rings (SSSR count). The van der Waals surface area contributed by atoms with Crippen LogP contribution in [0.25, 0.3) is 0 Å². The molecule has 1 unspecified atom stereocenters. The molecule has 0 N–H and O–H groups in total. The van der Waals surface area contributed by atoms with E-state index in [0.717, 1.165) is 0 Å². The van der Waals surface area contributed by atoms with Gasteiger partial charge in [-0.05, 0) is 20.3 Å². The third-order valence-electron chi connectivity index (χ3n) is 5.64. The van der Waals surface area contributed by atoms with Crippen molar-refractivity contribution in [2.45, 2.75) is 37.7 Å². The number of allylic oxidation sites excluding steroid dienone is 5. The lowest BCUT2D eigenvalue weighted by atomic mass is 9.97. The monoisotopic (exact) mass is 326 g/mol. The fourth-order valence-electron chi connectivity index (χ4n) is 3.83. The second-order valence-corrected chi connectivity index (χ2v) is 13.6. The molecule has 2 heteroatoms. The van der Waals surface area contributed by atoms with Crippen LogP contribution in [-0.4, -0.2) is 18.2 Å². The zero-order valence-electron chi connectivity index (χ0n) is 14.1. The first-order valence-corrected chi connectivity index (χ1v) is 12.2. The van der Waals surface area contributed by atoms with Crippen LogP contribution >= 0.6 is 11.8 Å². The smallest absolute Gasteiger partial charge is 0.0991 e. The highest BCUT2D eigenvalue weighted by atomic mass is 32.2. The van der Waals surface area contributed by atoms with Crippen LogP contribution in [0.2, 0.25) is 13.1 Å². The highest BCUT2D eigenvalue weighted by molar-refractivity contribution is 8.02. The summed E-state index contributed by atoms with van der Waals surface area (Å²) in [6.07, 6.45) is 10.6. The van der Waals surface area contributed by atoms with Crippen LogP contribution in [0.4, 0.5) is 0 Å². The van der Waals surface area contributed by atoms with Crippen LogP contribution < -0.4 is 5.19 Å². The maximum absolute atomic E-state index is 2.57. The third kappa shape index (κ3) is 2.46. The van der Waals surface area contributed by atoms with E-state index >= 15 is 0 Å². The van der Waals surface area contributed by atoms with Crippen molar-refractivity contribution in [1.82, 2.24) is 0 Å². The van der Waals surface area contributed by atoms with E-state index in [1.165, 1.54) is 12.2 Å². The molecule has 1 aromatic rings. The lowest BCUT2D eigenvalue weighted by Gasteiger charge is -2.51. The number of hydrogen-bond donors (Lipinski definition) is 0. The van der Waals surface area contributed by atoms with E-state index < -0.39 is 8.07 Å². The Kier molecular flexibility index (Phi) is 4.26. The molecule has 0 nitrogen and oxygen atoms in total. The molecule has 1 aliphatic heterocycles. The van der Waals surface area contributed by atoms with Crippen molar-refractivity contribution in [3.63, 3.8) is 0 Å². The first-order valence-electron chi connectivity index (χ1n) is 8.17. The first kappa shape index (κ1) is 15.9. The predicted octanol–water partition coefficient (Wildman–Crippen LogP) is 5.10. The predicted molar refractivity (Wildman–Crippen MR) is 104 cm³/mol. The summed E-state index contributed by atoms with van der Waals surface area (Å²) in [4.78, 5) is 0. The van der Waals surface area contributed by atoms with Gasteiger partial charge >= 0.3 is 0 Å². The van der Waals surface area contributed by atoms with E-state index in [2.05, 4.69) is 93.3 Å². The summed E-state index contributed by atoms with van der Waals surface area (Å²) in [6, 6.07) is 11.3. The van der Waals surface area contributed by atoms with Gasteiger partial charge in [0.2, 0.25) is 0 Å². The average molecular weight is 327 g/mol. The van der Waals surface area contributed by atoms with Gasteiger partial charge in [0.05, 0.1) is 8.07 Å². The lowest BCUT2D eigenvalue weighted by molar-refractivity contribution is 0.636. The largest absolute Gasteiger partial charge is 0.152 e. The van der Waals surface area contributed by atoms with Crippen LogP contribution in [0.5, 0.6) is 0 Å². The molecule has 0 saturated carbocycles. The van der Waals surface area contributed by atoms with Crippen molar-refractivity contribution < 1.29 is 0 Å². The van der Waals surface area contributed by atoms with E-state index in [4.69, 9.17) is 0 Å². The number of thioether (sulfide) groups is 1. The molecule has 1 heterocycles. The molecule has 0 bridgehead atoms. The normalized spacial score (nSPS) is 26.0. The van der Waals surface area contributed by atoms with Gasteiger partial charge in [0.25, 0.3) is 0 Å². The molecule has 2 aliphatic rings. The van der Waals surface area contributed by atoms with Crippen LogP contribution in [-0.2, 0) is 0 Å². The third-order valence-corrected chi connectivity index (χ3v) is 13.5. The molecule has 22 heavy (non-hydrogen) atoms. The quantitative estimate of drug-likeness (QED) is 0.550. The van der Waals surface area contributed by atoms with Crippen LogP contribution in [0.15, 0.2) is 65.8 Å². The molecule has 1 atom stereocenters. The van der Waals surface area contributed by atoms with Crippen LogP contribution in [0, 0.1) is 5.92 Å². The molecule has 116 valence electrons. The van der Waals surface area contributed by atoms with Crippen molar-refractivity contribution in [3.05, 3.63) is 65.8 Å². The van der Waals surface area contributed by atoms with E-state index in [-0.39, 0.29) is 0 Å². The van der Waals surface area contributed by atoms with Gasteiger partial charge in [0, 0.05) is 16.0 Å². The Labute approximate surface area is 140 Å². The molecule has 1 aromatic carbocycles. The Bertz CT molecular complexity index is 627. The lowest BCUT2D eigenvalue weighted by Crippen LogP contribution is -2.64. The van der Waals surface area contributed by atoms with E-state index in [1.807, 2.05) is 0 Å². The van der Waals surface area contributed by atoms with Crippen LogP contribution in [0.3, 0.4) is 0 Å². The van der Waals surface area contributed by atoms with Crippen molar-refractivity contribution >= 4 is 25.0 Å². The highest BCUT2D eigenvalue weighted by Crippen LogP contribution is 2.51. The SMILES string of the molecule is CC1=C(C)CC(C2C=CC=C2)([Si](C)(C)c2ccccc2)SC1. The summed E-state index contributed by atoms with van der Waals surface area (Å²) in [5.74, 6) is 1.76. The molecule has 0 saturated heterocycles. The zero-order valence-corrected chi connectivity index (χ0v) is 15.9. The molecular weight excluding hydrogens is 300 g/mol. The fraction of sp³-hybridized carbons (Fsp3) is 0.400. The Morgan fingerprint density at radius 2 is 1.64 bits per heavy atom. The van der Waals surface area contributed by atoms with Gasteiger partial charge in [-0.2, -0.15) is 11.8 Å². The summed E-state index contributed by atoms with van der Waals surface area (Å²) < 4.78 is 0.335. The van der Waals surface area contributed by atoms with Crippen molar-refractivity contribution in [1.29, 1.82) is 0 Å². The number of benzene rings is 1. The van der Waals surface area contributed by atoms with Gasteiger partial charge in [-0.3, -0.25) is 0 Å². The minimum absolute atomic E-state index is 0.335. The number of hydrogen-bond acceptors (Lipinski definition) is 1. The van der Waals surface area contributed by atoms with Gasteiger partial charge in [-0.1, -0.05) is 84.1 Å². The topological polar surface area (TPSA) is 0 Å². The minimum atomic E-state index is -1.64. The second kappa shape index (κ2) is 5.90. The Hall–Kier alpha value is -0.993. The van der Waals surface area contributed by atoms with Gasteiger partial charge < -0.3 is 0 Å². The Balaban J connectivity index is 2.10. The minimum Gasteiger partial charge on any atom is -0.152 e. The Morgan fingerprint density at radius 1 is 1.00 bits per heavy atom. The highest BCUT2D eigenvalue weighted by Gasteiger charge is 2.53. The van der Waals surface area contributed by atoms with Crippen LogP contribution in [0.1, 0.15) is 20.3 Å². The van der Waals surface area contributed by atoms with Gasteiger partial charge in [-0.25, -0.2) is 0 Å². The van der Waals surface area contributed by atoms with Gasteiger partial charge in [0.15, 0.2) is 0 Å². The second-order valence-electron chi connectivity index (χ2n) is 7.20. The first-order chi connectivity index (χ1) is 10.5. The average Bonchev–Trinajstić information content (AvgIpc) is 3.05. The van der Waals surface area contributed by atoms with Gasteiger partial charge in [-0.15, -0.1) is 0 Å². The Morgan fingerprint density at radius 3 is 2.23 bits per heavy atom. The summed E-state index contributed by atoms with van der Waals surface area (Å²) in [5, 5.41) is 1.59. The number of rotatable bonds is 3. The summed E-state index contributed by atoms with van der Waals surface area (Å²) >= 11 is 2.22. The maximum atomic E-state index is 2.57. The molecule has 0 amide bonds. The van der Waals surface area contributed by atoms with E-state index in [0.29, 0.717) is 10.3 Å². The fourth-order valence-corrected chi connectivity index (χ4v) is 10.5. The molecule has 0 radical (unpaired) electrons. The van der Waals surface area contributed by atoms with Crippen molar-refractivity contribution in [2.75, 3.05) is 5.75 Å². The van der Waals surface area contributed by atoms with Crippen molar-refractivity contribution in [2.24, 2.45) is 5.92 Å². The maximum Gasteiger partial charge on any atom is 0.0991 e. The molecular formula is C20H26SSi. The standard InChI is InChI=1S/C20H26SSi/c1-16-14-20(21-15-17(16)2,18-10-8-9-11-18)22(3,4)19-12-6-5-7-13-19/h5-13,18H,14-15H2,1-4H3. The molecule has 0 spiro atoms. The molecule has 0 fully saturated rings. The zero-order chi connectivity index (χ0) is 15.8. The molecule has 0 aromatic heterocycles. The van der Waals surface area contributed by atoms with E-state index in [9.17, 15) is 0 Å². The van der Waals surface area contributed by atoms with Gasteiger partial charge in [0.1, 0.15) is 0 Å². The van der Waals surface area contributed by atoms with E-state index in [1.54, 1.807) is 16.3 Å². The summed E-state index contributed by atoms with van der Waals surface area (Å²) in [6.45, 7) is 9.80.